The van der Waals surface area contributed by atoms with Crippen molar-refractivity contribution < 1.29 is 27.8 Å². The maximum absolute atomic E-state index is 12.1. The molecule has 2 aromatic rings. The average Bonchev–Trinajstić information content (AvgIpc) is 2.37. The molecule has 0 radical (unpaired) electrons. The van der Waals surface area contributed by atoms with Crippen LogP contribution in [0.5, 0.6) is 5.75 Å². The molecule has 0 bridgehead atoms. The average molecular weight is 318 g/mol. The fourth-order valence-electron chi connectivity index (χ4n) is 1.71. The number of hydrogen-bond donors (Lipinski definition) is 1. The standard InChI is InChI=1S/C13H7ClF3NO3/c14-10-6-18-5-9(11(10)12(19)20)7-1-3-8(4-2-7)21-13(15,16)17/h1-6H,(H,19,20). The van der Waals surface area contributed by atoms with Crippen LogP contribution in [0.25, 0.3) is 11.1 Å². The Kier molecular flexibility index (Phi) is 4.04. The molecule has 1 aromatic heterocycles. The Morgan fingerprint density at radius 3 is 2.33 bits per heavy atom. The van der Waals surface area contributed by atoms with Crippen LogP contribution in [-0.2, 0) is 0 Å². The van der Waals surface area contributed by atoms with E-state index in [1.807, 2.05) is 0 Å². The molecule has 0 spiro atoms. The van der Waals surface area contributed by atoms with Crippen LogP contribution in [0.3, 0.4) is 0 Å². The van der Waals surface area contributed by atoms with Gasteiger partial charge in [0.1, 0.15) is 5.75 Å². The summed E-state index contributed by atoms with van der Waals surface area (Å²) in [5.41, 5.74) is 0.390. The highest BCUT2D eigenvalue weighted by Crippen LogP contribution is 2.30. The van der Waals surface area contributed by atoms with Crippen molar-refractivity contribution in [1.82, 2.24) is 4.98 Å². The van der Waals surface area contributed by atoms with Crippen LogP contribution in [0, 0.1) is 0 Å². The summed E-state index contributed by atoms with van der Waals surface area (Å²) in [5, 5.41) is 9.07. The molecule has 21 heavy (non-hydrogen) atoms. The molecule has 0 unspecified atom stereocenters. The van der Waals surface area contributed by atoms with E-state index in [0.717, 1.165) is 12.1 Å². The van der Waals surface area contributed by atoms with Crippen LogP contribution in [-0.4, -0.2) is 22.4 Å². The van der Waals surface area contributed by atoms with Crippen LogP contribution in [0.4, 0.5) is 13.2 Å². The molecule has 0 aliphatic heterocycles. The topological polar surface area (TPSA) is 59.4 Å². The van der Waals surface area contributed by atoms with Crippen LogP contribution < -0.4 is 4.74 Å². The van der Waals surface area contributed by atoms with Gasteiger partial charge >= 0.3 is 12.3 Å². The maximum Gasteiger partial charge on any atom is 0.573 e. The number of carboxylic acids is 1. The third-order valence-electron chi connectivity index (χ3n) is 2.51. The molecule has 8 heteroatoms. The van der Waals surface area contributed by atoms with Crippen LogP contribution in [0.2, 0.25) is 5.02 Å². The zero-order valence-corrected chi connectivity index (χ0v) is 10.9. The van der Waals surface area contributed by atoms with E-state index in [2.05, 4.69) is 9.72 Å². The van der Waals surface area contributed by atoms with Gasteiger partial charge in [-0.3, -0.25) is 4.98 Å². The molecule has 0 saturated heterocycles. The molecule has 1 heterocycles. The molecule has 0 amide bonds. The number of alkyl halides is 3. The molecule has 0 saturated carbocycles. The first kappa shape index (κ1) is 15.1. The molecule has 1 N–H and O–H groups in total. The van der Waals surface area contributed by atoms with Gasteiger partial charge in [0.25, 0.3) is 0 Å². The predicted molar refractivity (Wildman–Crippen MR) is 68.3 cm³/mol. The largest absolute Gasteiger partial charge is 0.573 e. The smallest absolute Gasteiger partial charge is 0.478 e. The SMILES string of the molecule is O=C(O)c1c(Cl)cncc1-c1ccc(OC(F)(F)F)cc1. The van der Waals surface area contributed by atoms with Crippen molar-refractivity contribution >= 4 is 17.6 Å². The number of carboxylic acid groups (broad SMARTS) is 1. The number of carbonyl (C=O) groups is 1. The first-order chi connectivity index (χ1) is 9.78. The minimum atomic E-state index is -4.79. The van der Waals surface area contributed by atoms with E-state index in [-0.39, 0.29) is 16.1 Å². The number of aromatic carboxylic acids is 1. The summed E-state index contributed by atoms with van der Waals surface area (Å²) in [4.78, 5) is 15.0. The third kappa shape index (κ3) is 3.63. The van der Waals surface area contributed by atoms with Crippen LogP contribution in [0.1, 0.15) is 10.4 Å². The van der Waals surface area contributed by atoms with Crippen molar-refractivity contribution in [2.45, 2.75) is 6.36 Å². The second-order valence-corrected chi connectivity index (χ2v) is 4.33. The Labute approximate surface area is 121 Å². The lowest BCUT2D eigenvalue weighted by molar-refractivity contribution is -0.274. The number of aromatic nitrogens is 1. The molecule has 4 nitrogen and oxygen atoms in total. The second kappa shape index (κ2) is 5.61. The highest BCUT2D eigenvalue weighted by Gasteiger charge is 2.31. The zero-order chi connectivity index (χ0) is 15.6. The number of benzene rings is 1. The van der Waals surface area contributed by atoms with E-state index in [0.29, 0.717) is 5.56 Å². The van der Waals surface area contributed by atoms with Crippen molar-refractivity contribution in [3.05, 3.63) is 47.2 Å². The molecular formula is C13H7ClF3NO3. The lowest BCUT2D eigenvalue weighted by atomic mass is 10.0. The molecule has 0 atom stereocenters. The number of ether oxygens (including phenoxy) is 1. The highest BCUT2D eigenvalue weighted by atomic mass is 35.5. The maximum atomic E-state index is 12.1. The Morgan fingerprint density at radius 2 is 1.81 bits per heavy atom. The fraction of sp³-hybridized carbons (Fsp3) is 0.0769. The van der Waals surface area contributed by atoms with E-state index in [1.54, 1.807) is 0 Å². The van der Waals surface area contributed by atoms with Crippen LogP contribution >= 0.6 is 11.6 Å². The molecule has 2 rings (SSSR count). The number of pyridine rings is 1. The minimum absolute atomic E-state index is 0.0596. The lowest BCUT2D eigenvalue weighted by Crippen LogP contribution is -2.16. The first-order valence-electron chi connectivity index (χ1n) is 5.51. The van der Waals surface area contributed by atoms with E-state index < -0.39 is 18.1 Å². The van der Waals surface area contributed by atoms with Crippen molar-refractivity contribution in [3.8, 4) is 16.9 Å². The van der Waals surface area contributed by atoms with Crippen molar-refractivity contribution in [2.75, 3.05) is 0 Å². The number of hydrogen-bond acceptors (Lipinski definition) is 3. The second-order valence-electron chi connectivity index (χ2n) is 3.92. The summed E-state index contributed by atoms with van der Waals surface area (Å²) in [5.74, 6) is -1.66. The molecule has 0 fully saturated rings. The van der Waals surface area contributed by atoms with E-state index in [9.17, 15) is 18.0 Å². The van der Waals surface area contributed by atoms with Gasteiger partial charge in [0.05, 0.1) is 10.6 Å². The molecule has 110 valence electrons. The summed E-state index contributed by atoms with van der Waals surface area (Å²) in [6, 6.07) is 4.74. The molecule has 0 aliphatic rings. The molecule has 1 aromatic carbocycles. The summed E-state index contributed by atoms with van der Waals surface area (Å²) in [6.07, 6.45) is -2.34. The Hall–Kier alpha value is -2.28. The van der Waals surface area contributed by atoms with Crippen molar-refractivity contribution in [1.29, 1.82) is 0 Å². The van der Waals surface area contributed by atoms with Crippen molar-refractivity contribution in [2.24, 2.45) is 0 Å². The minimum Gasteiger partial charge on any atom is -0.478 e. The van der Waals surface area contributed by atoms with Gasteiger partial charge in [-0.05, 0) is 17.7 Å². The number of rotatable bonds is 3. The summed E-state index contributed by atoms with van der Waals surface area (Å²) < 4.78 is 39.9. The van der Waals surface area contributed by atoms with E-state index in [4.69, 9.17) is 16.7 Å². The van der Waals surface area contributed by atoms with Gasteiger partial charge in [-0.2, -0.15) is 0 Å². The summed E-state index contributed by atoms with van der Waals surface area (Å²) >= 11 is 5.78. The normalized spacial score (nSPS) is 11.2. The lowest BCUT2D eigenvalue weighted by Gasteiger charge is -2.10. The Morgan fingerprint density at radius 1 is 1.19 bits per heavy atom. The highest BCUT2D eigenvalue weighted by molar-refractivity contribution is 6.34. The Balaban J connectivity index is 2.40. The fourth-order valence-corrected chi connectivity index (χ4v) is 1.95. The summed E-state index contributed by atoms with van der Waals surface area (Å²) in [7, 11) is 0. The van der Waals surface area contributed by atoms with Gasteiger partial charge in [0.2, 0.25) is 0 Å². The van der Waals surface area contributed by atoms with Crippen molar-refractivity contribution in [3.63, 3.8) is 0 Å². The number of halogens is 4. The van der Waals surface area contributed by atoms with Gasteiger partial charge < -0.3 is 9.84 Å². The number of nitrogens with zero attached hydrogens (tertiary/aromatic N) is 1. The summed E-state index contributed by atoms with van der Waals surface area (Å²) in [6.45, 7) is 0. The van der Waals surface area contributed by atoms with Gasteiger partial charge in [0, 0.05) is 18.0 Å². The van der Waals surface area contributed by atoms with Gasteiger partial charge in [-0.25, -0.2) is 4.79 Å². The van der Waals surface area contributed by atoms with Gasteiger partial charge in [-0.15, -0.1) is 13.2 Å². The first-order valence-corrected chi connectivity index (χ1v) is 5.88. The zero-order valence-electron chi connectivity index (χ0n) is 10.2. The molecular weight excluding hydrogens is 311 g/mol. The van der Waals surface area contributed by atoms with E-state index >= 15 is 0 Å². The third-order valence-corrected chi connectivity index (χ3v) is 2.80. The monoisotopic (exact) mass is 317 g/mol. The predicted octanol–water partition coefficient (Wildman–Crippen LogP) is 4.00. The van der Waals surface area contributed by atoms with Gasteiger partial charge in [-0.1, -0.05) is 23.7 Å². The van der Waals surface area contributed by atoms with Crippen LogP contribution in [0.15, 0.2) is 36.7 Å². The van der Waals surface area contributed by atoms with Gasteiger partial charge in [0.15, 0.2) is 0 Å². The Bertz CT molecular complexity index is 671. The van der Waals surface area contributed by atoms with E-state index in [1.165, 1.54) is 24.5 Å². The quantitative estimate of drug-likeness (QED) is 0.929. The molecule has 0 aliphatic carbocycles.